The van der Waals surface area contributed by atoms with Crippen LogP contribution < -0.4 is 29.6 Å². The summed E-state index contributed by atoms with van der Waals surface area (Å²) in [7, 11) is 6.91. The van der Waals surface area contributed by atoms with Gasteiger partial charge in [0.05, 0.1) is 32.8 Å². The number of esters is 1. The van der Waals surface area contributed by atoms with Crippen LogP contribution in [-0.2, 0) is 14.3 Å². The Balaban J connectivity index is 1.52. The van der Waals surface area contributed by atoms with Crippen LogP contribution >= 0.6 is 0 Å². The first-order valence-corrected chi connectivity index (χ1v) is 13.0. The van der Waals surface area contributed by atoms with Crippen molar-refractivity contribution < 1.29 is 38.4 Å². The van der Waals surface area contributed by atoms with Crippen LogP contribution in [0.5, 0.6) is 28.7 Å². The molecule has 1 fully saturated rings. The summed E-state index contributed by atoms with van der Waals surface area (Å²) in [5, 5.41) is 17.0. The van der Waals surface area contributed by atoms with Crippen LogP contribution in [0.15, 0.2) is 24.3 Å². The summed E-state index contributed by atoms with van der Waals surface area (Å²) in [5.74, 6) is -0.336. The van der Waals surface area contributed by atoms with Gasteiger partial charge in [0.2, 0.25) is 18.4 Å². The van der Waals surface area contributed by atoms with Crippen LogP contribution in [0.25, 0.3) is 0 Å². The number of amides is 1. The fourth-order valence-electron chi connectivity index (χ4n) is 5.72. The molecule has 0 bridgehead atoms. The first-order chi connectivity index (χ1) is 18.8. The zero-order chi connectivity index (χ0) is 27.7. The smallest absolute Gasteiger partial charge is 0.310 e. The van der Waals surface area contributed by atoms with Gasteiger partial charge in [-0.3, -0.25) is 9.59 Å². The molecule has 11 nitrogen and oxygen atoms in total. The summed E-state index contributed by atoms with van der Waals surface area (Å²) in [6.07, 6.45) is 0.297. The molecule has 1 aliphatic carbocycles. The number of phenols is 1. The molecule has 2 heterocycles. The Kier molecular flexibility index (Phi) is 7.72. The molecule has 0 saturated carbocycles. The number of carbonyl (C=O) groups is 2. The van der Waals surface area contributed by atoms with Crippen molar-refractivity contribution in [3.8, 4) is 28.7 Å². The van der Waals surface area contributed by atoms with Crippen molar-refractivity contribution in [1.82, 2.24) is 15.5 Å². The fourth-order valence-corrected chi connectivity index (χ4v) is 5.72. The Bertz CT molecular complexity index is 1220. The van der Waals surface area contributed by atoms with E-state index in [1.807, 2.05) is 26.2 Å². The molecule has 2 aromatic carbocycles. The quantitative estimate of drug-likeness (QED) is 0.303. The van der Waals surface area contributed by atoms with Crippen LogP contribution in [0.2, 0.25) is 0 Å². The van der Waals surface area contributed by atoms with Crippen molar-refractivity contribution in [2.75, 3.05) is 61.3 Å². The Morgan fingerprint density at radius 3 is 2.33 bits per heavy atom. The summed E-state index contributed by atoms with van der Waals surface area (Å²) in [6.45, 7) is 2.46. The topological polar surface area (TPSA) is 128 Å². The summed E-state index contributed by atoms with van der Waals surface area (Å²) in [4.78, 5) is 28.4. The minimum absolute atomic E-state index is 0.0916. The molecule has 2 aromatic rings. The maximum absolute atomic E-state index is 13.2. The Hall–Kier alpha value is -3.70. The van der Waals surface area contributed by atoms with Crippen molar-refractivity contribution in [2.45, 2.75) is 18.4 Å². The Morgan fingerprint density at radius 1 is 1.03 bits per heavy atom. The maximum atomic E-state index is 13.2. The number of fused-ring (bicyclic) bond motifs is 3. The SMILES string of the molecule is COc1cc(C2c3cc4c(cc3C(NC(=O)CCNCCN(C)C)C3COC(=O)C23)OCO4)cc(OC)c1O. The summed E-state index contributed by atoms with van der Waals surface area (Å²) in [6, 6.07) is 6.71. The van der Waals surface area contributed by atoms with E-state index in [1.54, 1.807) is 12.1 Å². The molecular formula is C28H35N3O8. The Labute approximate surface area is 227 Å². The van der Waals surface area contributed by atoms with E-state index >= 15 is 0 Å². The van der Waals surface area contributed by atoms with Crippen molar-refractivity contribution in [2.24, 2.45) is 11.8 Å². The third-order valence-corrected chi connectivity index (χ3v) is 7.63. The van der Waals surface area contributed by atoms with E-state index in [-0.39, 0.29) is 48.4 Å². The van der Waals surface area contributed by atoms with Gasteiger partial charge in [-0.25, -0.2) is 0 Å². The van der Waals surface area contributed by atoms with Gasteiger partial charge in [0.25, 0.3) is 0 Å². The maximum Gasteiger partial charge on any atom is 0.310 e. The van der Waals surface area contributed by atoms with E-state index in [0.29, 0.717) is 30.0 Å². The lowest BCUT2D eigenvalue weighted by atomic mass is 9.65. The fraction of sp³-hybridized carbons (Fsp3) is 0.500. The normalized spacial score (nSPS) is 22.7. The zero-order valence-electron chi connectivity index (χ0n) is 22.6. The molecule has 0 radical (unpaired) electrons. The lowest BCUT2D eigenvalue weighted by molar-refractivity contribution is -0.141. The highest BCUT2D eigenvalue weighted by Gasteiger charge is 2.53. The highest BCUT2D eigenvalue weighted by atomic mass is 16.7. The number of phenolic OH excluding ortho intramolecular Hbond substituents is 1. The Morgan fingerprint density at radius 2 is 1.69 bits per heavy atom. The van der Waals surface area contributed by atoms with Crippen LogP contribution in [0.4, 0.5) is 0 Å². The third kappa shape index (κ3) is 5.16. The predicted octanol–water partition coefficient (Wildman–Crippen LogP) is 1.77. The van der Waals surface area contributed by atoms with E-state index in [2.05, 4.69) is 15.5 Å². The number of ether oxygens (including phenoxy) is 5. The molecule has 4 atom stereocenters. The van der Waals surface area contributed by atoms with Gasteiger partial charge < -0.3 is 44.3 Å². The van der Waals surface area contributed by atoms with Crippen molar-refractivity contribution in [3.05, 3.63) is 41.0 Å². The molecule has 11 heteroatoms. The first-order valence-electron chi connectivity index (χ1n) is 13.0. The van der Waals surface area contributed by atoms with Crippen LogP contribution in [0.1, 0.15) is 35.1 Å². The third-order valence-electron chi connectivity index (χ3n) is 7.63. The number of benzene rings is 2. The first kappa shape index (κ1) is 26.9. The highest BCUT2D eigenvalue weighted by Crippen LogP contribution is 2.55. The molecule has 2 aliphatic heterocycles. The van der Waals surface area contributed by atoms with Gasteiger partial charge in [-0.2, -0.15) is 0 Å². The highest BCUT2D eigenvalue weighted by molar-refractivity contribution is 5.81. The molecule has 210 valence electrons. The summed E-state index contributed by atoms with van der Waals surface area (Å²) >= 11 is 0. The second-order valence-electron chi connectivity index (χ2n) is 10.3. The molecule has 3 N–H and O–H groups in total. The number of carbonyl (C=O) groups excluding carboxylic acids is 2. The second kappa shape index (κ2) is 11.2. The summed E-state index contributed by atoms with van der Waals surface area (Å²) < 4.78 is 27.7. The number of rotatable bonds is 10. The number of hydrogen-bond donors (Lipinski definition) is 3. The van der Waals surface area contributed by atoms with Gasteiger partial charge in [0.15, 0.2) is 23.0 Å². The van der Waals surface area contributed by atoms with Crippen LogP contribution in [0, 0.1) is 11.8 Å². The zero-order valence-corrected chi connectivity index (χ0v) is 22.6. The van der Waals surface area contributed by atoms with Gasteiger partial charge in [0.1, 0.15) is 0 Å². The number of cyclic esters (lactones) is 1. The molecule has 4 unspecified atom stereocenters. The molecular weight excluding hydrogens is 506 g/mol. The van der Waals surface area contributed by atoms with Crippen molar-refractivity contribution in [3.63, 3.8) is 0 Å². The van der Waals surface area contributed by atoms with E-state index < -0.39 is 17.9 Å². The van der Waals surface area contributed by atoms with Gasteiger partial charge in [0, 0.05) is 37.9 Å². The monoisotopic (exact) mass is 541 g/mol. The van der Waals surface area contributed by atoms with E-state index in [9.17, 15) is 14.7 Å². The van der Waals surface area contributed by atoms with Gasteiger partial charge >= 0.3 is 5.97 Å². The lowest BCUT2D eigenvalue weighted by Gasteiger charge is -2.39. The van der Waals surface area contributed by atoms with Crippen LogP contribution in [0.3, 0.4) is 0 Å². The van der Waals surface area contributed by atoms with E-state index in [0.717, 1.165) is 24.2 Å². The van der Waals surface area contributed by atoms with Crippen molar-refractivity contribution >= 4 is 11.9 Å². The van der Waals surface area contributed by atoms with E-state index in [1.165, 1.54) is 14.2 Å². The molecule has 1 amide bonds. The number of aromatic hydroxyl groups is 1. The second-order valence-corrected chi connectivity index (χ2v) is 10.3. The average Bonchev–Trinajstić information content (AvgIpc) is 3.54. The van der Waals surface area contributed by atoms with Gasteiger partial charge in [-0.1, -0.05) is 0 Å². The largest absolute Gasteiger partial charge is 0.502 e. The average molecular weight is 542 g/mol. The molecule has 0 aromatic heterocycles. The molecule has 39 heavy (non-hydrogen) atoms. The summed E-state index contributed by atoms with van der Waals surface area (Å²) in [5.41, 5.74) is 2.36. The predicted molar refractivity (Wildman–Crippen MR) is 140 cm³/mol. The standard InChI is InChI=1S/C28H35N3O8/c1-31(2)8-7-29-6-5-23(32)30-26-17-12-20-19(38-14-39-20)11-16(17)24(25-18(26)13-37-28(25)34)15-9-21(35-3)27(33)22(10-15)36-4/h9-12,18,24-26,29,33H,5-8,13-14H2,1-4H3,(H,30,32). The molecule has 5 rings (SSSR count). The minimum atomic E-state index is -0.583. The van der Waals surface area contributed by atoms with Gasteiger partial charge in [-0.15, -0.1) is 0 Å². The van der Waals surface area contributed by atoms with Gasteiger partial charge in [-0.05, 0) is 55.1 Å². The number of hydrogen-bond acceptors (Lipinski definition) is 10. The number of methoxy groups -OCH3 is 2. The van der Waals surface area contributed by atoms with E-state index in [4.69, 9.17) is 23.7 Å². The molecule has 0 spiro atoms. The number of nitrogens with one attached hydrogen (secondary N) is 2. The minimum Gasteiger partial charge on any atom is -0.502 e. The van der Waals surface area contributed by atoms with Crippen molar-refractivity contribution in [1.29, 1.82) is 0 Å². The lowest BCUT2D eigenvalue weighted by Crippen LogP contribution is -2.43. The number of nitrogens with zero attached hydrogens (tertiary/aromatic N) is 1. The molecule has 1 saturated heterocycles. The van der Waals surface area contributed by atoms with Crippen LogP contribution in [-0.4, -0.2) is 83.2 Å². The molecule has 3 aliphatic rings. The number of likely N-dealkylation sites (N-methyl/N-ethyl adjacent to an activating group) is 1.